The fourth-order valence-electron chi connectivity index (χ4n) is 1.61. The summed E-state index contributed by atoms with van der Waals surface area (Å²) < 4.78 is 0. The predicted octanol–water partition coefficient (Wildman–Crippen LogP) is 4.34. The molecule has 1 aromatic rings. The van der Waals surface area contributed by atoms with Gasteiger partial charge < -0.3 is 5.73 Å². The molecule has 0 amide bonds. The first kappa shape index (κ1) is 13.5. The summed E-state index contributed by atoms with van der Waals surface area (Å²) in [6.07, 6.45) is 2.10. The number of halogens is 1. The van der Waals surface area contributed by atoms with Gasteiger partial charge in [0.15, 0.2) is 0 Å². The number of hydrogen-bond donors (Lipinski definition) is 1. The average Bonchev–Trinajstić information content (AvgIpc) is 2.15. The second-order valence-corrected chi connectivity index (χ2v) is 6.42. The topological polar surface area (TPSA) is 26.0 Å². The summed E-state index contributed by atoms with van der Waals surface area (Å²) in [7, 11) is 0. The first-order valence-electron chi connectivity index (χ1n) is 5.76. The maximum Gasteiger partial charge on any atom is 0.0406 e. The van der Waals surface area contributed by atoms with Crippen LogP contribution in [0.5, 0.6) is 0 Å². The minimum Gasteiger partial charge on any atom is -0.322 e. The van der Waals surface area contributed by atoms with Crippen LogP contribution in [0.15, 0.2) is 24.3 Å². The number of nitrogens with two attached hydrogens (primary N) is 1. The maximum absolute atomic E-state index is 6.35. The Balaban J connectivity index is 2.73. The van der Waals surface area contributed by atoms with Crippen LogP contribution in [0.1, 0.15) is 46.1 Å². The molecule has 0 spiro atoms. The van der Waals surface area contributed by atoms with Crippen molar-refractivity contribution in [1.82, 2.24) is 0 Å². The Morgan fingerprint density at radius 3 is 1.94 bits per heavy atom. The molecule has 0 aliphatic carbocycles. The van der Waals surface area contributed by atoms with Gasteiger partial charge in [0.2, 0.25) is 0 Å². The lowest BCUT2D eigenvalue weighted by atomic mass is 9.81. The van der Waals surface area contributed by atoms with Gasteiger partial charge in [0, 0.05) is 10.6 Å². The summed E-state index contributed by atoms with van der Waals surface area (Å²) in [5.41, 5.74) is 7.57. The first-order chi connectivity index (χ1) is 7.21. The van der Waals surface area contributed by atoms with E-state index in [9.17, 15) is 0 Å². The molecule has 0 heterocycles. The van der Waals surface area contributed by atoms with Crippen LogP contribution in [0.25, 0.3) is 0 Å². The lowest BCUT2D eigenvalue weighted by Gasteiger charge is -2.29. The van der Waals surface area contributed by atoms with Crippen molar-refractivity contribution in [3.8, 4) is 0 Å². The monoisotopic (exact) mass is 239 g/mol. The van der Waals surface area contributed by atoms with E-state index in [1.54, 1.807) is 0 Å². The third-order valence-electron chi connectivity index (χ3n) is 2.90. The van der Waals surface area contributed by atoms with Crippen LogP contribution in [-0.2, 0) is 5.54 Å². The second-order valence-electron chi connectivity index (χ2n) is 5.99. The molecule has 0 saturated carbocycles. The molecule has 0 fully saturated rings. The lowest BCUT2D eigenvalue weighted by molar-refractivity contribution is 0.307. The van der Waals surface area contributed by atoms with Crippen molar-refractivity contribution in [2.75, 3.05) is 0 Å². The van der Waals surface area contributed by atoms with Crippen LogP contribution in [0.2, 0.25) is 5.02 Å². The van der Waals surface area contributed by atoms with E-state index in [4.69, 9.17) is 17.3 Å². The molecule has 2 N–H and O–H groups in total. The summed E-state index contributed by atoms with van der Waals surface area (Å²) in [4.78, 5) is 0. The van der Waals surface area contributed by atoms with E-state index < -0.39 is 0 Å². The van der Waals surface area contributed by atoms with Gasteiger partial charge in [-0.15, -0.1) is 0 Å². The second kappa shape index (κ2) is 4.77. The van der Waals surface area contributed by atoms with Gasteiger partial charge >= 0.3 is 0 Å². The first-order valence-corrected chi connectivity index (χ1v) is 6.13. The van der Waals surface area contributed by atoms with Crippen molar-refractivity contribution in [1.29, 1.82) is 0 Å². The zero-order valence-electron chi connectivity index (χ0n) is 10.7. The Morgan fingerprint density at radius 2 is 1.50 bits per heavy atom. The standard InChI is InChI=1S/C14H22ClN/c1-13(2,3)9-10-14(4,16)11-5-7-12(15)8-6-11/h5-8H,9-10,16H2,1-4H3. The quantitative estimate of drug-likeness (QED) is 0.834. The Hall–Kier alpha value is -0.530. The number of rotatable bonds is 3. The van der Waals surface area contributed by atoms with Crippen LogP contribution in [0, 0.1) is 5.41 Å². The van der Waals surface area contributed by atoms with Crippen molar-refractivity contribution in [2.45, 2.75) is 46.1 Å². The molecule has 2 heteroatoms. The van der Waals surface area contributed by atoms with E-state index in [1.165, 1.54) is 0 Å². The molecule has 0 saturated heterocycles. The van der Waals surface area contributed by atoms with Gasteiger partial charge in [0.1, 0.15) is 0 Å². The lowest BCUT2D eigenvalue weighted by Crippen LogP contribution is -2.34. The van der Waals surface area contributed by atoms with E-state index in [-0.39, 0.29) is 5.54 Å². The van der Waals surface area contributed by atoms with Crippen molar-refractivity contribution in [2.24, 2.45) is 11.1 Å². The predicted molar refractivity (Wildman–Crippen MR) is 71.7 cm³/mol. The molecule has 0 bridgehead atoms. The third-order valence-corrected chi connectivity index (χ3v) is 3.15. The molecule has 1 atom stereocenters. The summed E-state index contributed by atoms with van der Waals surface area (Å²) >= 11 is 5.87. The van der Waals surface area contributed by atoms with Gasteiger partial charge in [0.25, 0.3) is 0 Å². The maximum atomic E-state index is 6.35. The zero-order valence-corrected chi connectivity index (χ0v) is 11.4. The van der Waals surface area contributed by atoms with E-state index >= 15 is 0 Å². The summed E-state index contributed by atoms with van der Waals surface area (Å²) in [6.45, 7) is 8.81. The molecule has 90 valence electrons. The summed E-state index contributed by atoms with van der Waals surface area (Å²) in [5, 5.41) is 0.760. The molecule has 1 unspecified atom stereocenters. The minimum absolute atomic E-state index is 0.266. The fourth-order valence-corrected chi connectivity index (χ4v) is 1.74. The largest absolute Gasteiger partial charge is 0.322 e. The SMILES string of the molecule is CC(C)(C)CCC(C)(N)c1ccc(Cl)cc1. The van der Waals surface area contributed by atoms with E-state index in [0.717, 1.165) is 23.4 Å². The van der Waals surface area contributed by atoms with Crippen LogP contribution in [0.3, 0.4) is 0 Å². The molecular weight excluding hydrogens is 218 g/mol. The molecule has 0 aliphatic rings. The molecule has 1 nitrogen and oxygen atoms in total. The smallest absolute Gasteiger partial charge is 0.0406 e. The van der Waals surface area contributed by atoms with Gasteiger partial charge in [0.05, 0.1) is 0 Å². The van der Waals surface area contributed by atoms with E-state index in [0.29, 0.717) is 5.41 Å². The van der Waals surface area contributed by atoms with Gasteiger partial charge in [-0.1, -0.05) is 44.5 Å². The molecule has 0 aliphatic heterocycles. The van der Waals surface area contributed by atoms with E-state index in [2.05, 4.69) is 27.7 Å². The third kappa shape index (κ3) is 4.15. The van der Waals surface area contributed by atoms with E-state index in [1.807, 2.05) is 24.3 Å². The van der Waals surface area contributed by atoms with Crippen molar-refractivity contribution in [3.63, 3.8) is 0 Å². The molecule has 1 rings (SSSR count). The highest BCUT2D eigenvalue weighted by Crippen LogP contribution is 2.30. The minimum atomic E-state index is -0.266. The Bertz CT molecular complexity index is 333. The Kier molecular flexibility index (Phi) is 4.03. The summed E-state index contributed by atoms with van der Waals surface area (Å²) in [6, 6.07) is 7.84. The van der Waals surface area contributed by atoms with Crippen LogP contribution in [0.4, 0.5) is 0 Å². The molecule has 16 heavy (non-hydrogen) atoms. The Labute approximate surface area is 104 Å². The van der Waals surface area contributed by atoms with Gasteiger partial charge in [-0.05, 0) is 42.9 Å². The number of benzene rings is 1. The van der Waals surface area contributed by atoms with Crippen molar-refractivity contribution >= 4 is 11.6 Å². The Morgan fingerprint density at radius 1 is 1.00 bits per heavy atom. The average molecular weight is 240 g/mol. The van der Waals surface area contributed by atoms with Gasteiger partial charge in [-0.25, -0.2) is 0 Å². The fraction of sp³-hybridized carbons (Fsp3) is 0.571. The highest BCUT2D eigenvalue weighted by molar-refractivity contribution is 6.30. The summed E-state index contributed by atoms with van der Waals surface area (Å²) in [5.74, 6) is 0. The van der Waals surface area contributed by atoms with Crippen molar-refractivity contribution < 1.29 is 0 Å². The van der Waals surface area contributed by atoms with Crippen LogP contribution >= 0.6 is 11.6 Å². The molecule has 0 aromatic heterocycles. The highest BCUT2D eigenvalue weighted by Gasteiger charge is 2.23. The van der Waals surface area contributed by atoms with Crippen LogP contribution < -0.4 is 5.73 Å². The van der Waals surface area contributed by atoms with Crippen LogP contribution in [-0.4, -0.2) is 0 Å². The molecule has 0 radical (unpaired) electrons. The molecule has 1 aromatic carbocycles. The number of hydrogen-bond acceptors (Lipinski definition) is 1. The van der Waals surface area contributed by atoms with Gasteiger partial charge in [-0.3, -0.25) is 0 Å². The normalized spacial score (nSPS) is 15.9. The van der Waals surface area contributed by atoms with Gasteiger partial charge in [-0.2, -0.15) is 0 Å². The molecular formula is C14H22ClN. The van der Waals surface area contributed by atoms with Crippen molar-refractivity contribution in [3.05, 3.63) is 34.9 Å². The zero-order chi connectivity index (χ0) is 12.4. The highest BCUT2D eigenvalue weighted by atomic mass is 35.5.